The number of ether oxygens (including phenoxy) is 1. The quantitative estimate of drug-likeness (QED) is 0.798. The van der Waals surface area contributed by atoms with Crippen LogP contribution in [-0.4, -0.2) is 23.7 Å². The predicted molar refractivity (Wildman–Crippen MR) is 75.4 cm³/mol. The van der Waals surface area contributed by atoms with Gasteiger partial charge in [-0.05, 0) is 30.5 Å². The van der Waals surface area contributed by atoms with Crippen LogP contribution in [-0.2, 0) is 4.79 Å². The van der Waals surface area contributed by atoms with Gasteiger partial charge in [0.05, 0.1) is 0 Å². The van der Waals surface area contributed by atoms with Gasteiger partial charge in [0.2, 0.25) is 0 Å². The van der Waals surface area contributed by atoms with Gasteiger partial charge in [-0.25, -0.2) is 0 Å². The molecule has 2 atom stereocenters. The van der Waals surface area contributed by atoms with Gasteiger partial charge >= 0.3 is 5.97 Å². The summed E-state index contributed by atoms with van der Waals surface area (Å²) in [5, 5.41) is 20.7. The summed E-state index contributed by atoms with van der Waals surface area (Å²) in [6, 6.07) is 8.52. The Morgan fingerprint density at radius 2 is 1.95 bits per heavy atom. The van der Waals surface area contributed by atoms with Crippen LogP contribution in [0.25, 0.3) is 0 Å². The number of benzene rings is 1. The van der Waals surface area contributed by atoms with Gasteiger partial charge in [-0.15, -0.1) is 0 Å². The molecule has 0 aromatic heterocycles. The Balaban J connectivity index is 2.70. The van der Waals surface area contributed by atoms with E-state index >= 15 is 0 Å². The molecular weight excluding hydrogens is 256 g/mol. The van der Waals surface area contributed by atoms with Crippen molar-refractivity contribution in [1.29, 1.82) is 5.26 Å². The average molecular weight is 276 g/mol. The fourth-order valence-corrected chi connectivity index (χ4v) is 1.88. The van der Waals surface area contributed by atoms with E-state index in [-0.39, 0.29) is 18.6 Å². The lowest BCUT2D eigenvalue weighted by Crippen LogP contribution is -2.42. The lowest BCUT2D eigenvalue weighted by atomic mass is 10.0. The summed E-state index contributed by atoms with van der Waals surface area (Å²) in [6.07, 6.45) is 0. The van der Waals surface area contributed by atoms with Crippen LogP contribution in [0.3, 0.4) is 0 Å². The third-order valence-electron chi connectivity index (χ3n) is 3.05. The molecule has 0 aliphatic carbocycles. The summed E-state index contributed by atoms with van der Waals surface area (Å²) in [4.78, 5) is 11.2. The molecule has 1 aromatic carbocycles. The molecule has 5 heteroatoms. The molecule has 108 valence electrons. The summed E-state index contributed by atoms with van der Waals surface area (Å²) in [5.74, 6) is -0.213. The number of aliphatic carboxylic acids is 1. The Kier molecular flexibility index (Phi) is 6.01. The Bertz CT molecular complexity index is 477. The lowest BCUT2D eigenvalue weighted by molar-refractivity contribution is -0.140. The minimum Gasteiger partial charge on any atom is -0.480 e. The van der Waals surface area contributed by atoms with Crippen LogP contribution in [0.1, 0.15) is 32.4 Å². The molecule has 0 fully saturated rings. The number of nitrogens with zero attached hydrogens (tertiary/aromatic N) is 1. The molecule has 0 bridgehead atoms. The average Bonchev–Trinajstić information content (AvgIpc) is 2.42. The minimum atomic E-state index is -0.846. The number of hydrogen-bond donors (Lipinski definition) is 2. The fourth-order valence-electron chi connectivity index (χ4n) is 1.88. The Hall–Kier alpha value is -2.06. The standard InChI is InChI=1S/C15H20N2O3/c1-10(2)14(15(18)19)17-11(3)12-4-6-13(7-5-12)20-9-8-16/h4-7,10-11,14,17H,9H2,1-3H3,(H,18,19). The first-order chi connectivity index (χ1) is 9.45. The first-order valence-corrected chi connectivity index (χ1v) is 6.54. The molecule has 0 spiro atoms. The number of carboxylic acid groups (broad SMARTS) is 1. The summed E-state index contributed by atoms with van der Waals surface area (Å²) in [6.45, 7) is 5.68. The first kappa shape index (κ1) is 16.0. The molecule has 0 saturated carbocycles. The van der Waals surface area contributed by atoms with Gasteiger partial charge in [-0.3, -0.25) is 10.1 Å². The van der Waals surface area contributed by atoms with Crippen LogP contribution >= 0.6 is 0 Å². The van der Waals surface area contributed by atoms with E-state index < -0.39 is 12.0 Å². The molecular formula is C15H20N2O3. The van der Waals surface area contributed by atoms with E-state index in [0.717, 1.165) is 5.56 Å². The minimum absolute atomic E-state index is 0.00758. The smallest absolute Gasteiger partial charge is 0.320 e. The third-order valence-corrected chi connectivity index (χ3v) is 3.05. The summed E-state index contributed by atoms with van der Waals surface area (Å²) < 4.78 is 5.17. The van der Waals surface area contributed by atoms with Gasteiger partial charge in [0.15, 0.2) is 6.61 Å². The summed E-state index contributed by atoms with van der Waals surface area (Å²) in [5.41, 5.74) is 0.973. The maximum atomic E-state index is 11.2. The summed E-state index contributed by atoms with van der Waals surface area (Å²) in [7, 11) is 0. The molecule has 2 unspecified atom stereocenters. The number of hydrogen-bond acceptors (Lipinski definition) is 4. The highest BCUT2D eigenvalue weighted by Crippen LogP contribution is 2.19. The second-order valence-corrected chi connectivity index (χ2v) is 4.96. The zero-order valence-electron chi connectivity index (χ0n) is 12.0. The van der Waals surface area contributed by atoms with E-state index in [0.29, 0.717) is 5.75 Å². The van der Waals surface area contributed by atoms with E-state index in [1.54, 1.807) is 12.1 Å². The maximum Gasteiger partial charge on any atom is 0.320 e. The third kappa shape index (κ3) is 4.56. The van der Waals surface area contributed by atoms with Crippen molar-refractivity contribution < 1.29 is 14.6 Å². The maximum absolute atomic E-state index is 11.2. The van der Waals surface area contributed by atoms with Crippen LogP contribution in [0.15, 0.2) is 24.3 Å². The van der Waals surface area contributed by atoms with Crippen molar-refractivity contribution in [3.8, 4) is 11.8 Å². The van der Waals surface area contributed by atoms with Crippen molar-refractivity contribution in [3.63, 3.8) is 0 Å². The number of carboxylic acids is 1. The van der Waals surface area contributed by atoms with E-state index in [1.165, 1.54) is 0 Å². The number of nitriles is 1. The van der Waals surface area contributed by atoms with Crippen molar-refractivity contribution in [2.75, 3.05) is 6.61 Å². The van der Waals surface area contributed by atoms with Crippen molar-refractivity contribution >= 4 is 5.97 Å². The number of nitrogens with one attached hydrogen (secondary N) is 1. The second kappa shape index (κ2) is 7.51. The van der Waals surface area contributed by atoms with Gasteiger partial charge in [0.1, 0.15) is 17.9 Å². The number of carbonyl (C=O) groups is 1. The zero-order valence-corrected chi connectivity index (χ0v) is 12.0. The summed E-state index contributed by atoms with van der Waals surface area (Å²) >= 11 is 0. The van der Waals surface area contributed by atoms with Crippen LogP contribution < -0.4 is 10.1 Å². The van der Waals surface area contributed by atoms with E-state index in [9.17, 15) is 4.79 Å². The molecule has 5 nitrogen and oxygen atoms in total. The van der Waals surface area contributed by atoms with Crippen LogP contribution in [0, 0.1) is 17.2 Å². The normalized spacial score (nSPS) is 13.6. The molecule has 0 amide bonds. The van der Waals surface area contributed by atoms with Gasteiger partial charge in [0, 0.05) is 6.04 Å². The molecule has 0 aliphatic heterocycles. The fraction of sp³-hybridized carbons (Fsp3) is 0.467. The lowest BCUT2D eigenvalue weighted by Gasteiger charge is -2.23. The highest BCUT2D eigenvalue weighted by atomic mass is 16.5. The highest BCUT2D eigenvalue weighted by Gasteiger charge is 2.23. The molecule has 1 rings (SSSR count). The van der Waals surface area contributed by atoms with Gasteiger partial charge in [0.25, 0.3) is 0 Å². The van der Waals surface area contributed by atoms with E-state index in [1.807, 2.05) is 39.0 Å². The van der Waals surface area contributed by atoms with Crippen molar-refractivity contribution in [2.24, 2.45) is 5.92 Å². The molecule has 1 aromatic rings. The first-order valence-electron chi connectivity index (χ1n) is 6.54. The Morgan fingerprint density at radius 3 is 2.40 bits per heavy atom. The zero-order chi connectivity index (χ0) is 15.1. The largest absolute Gasteiger partial charge is 0.480 e. The molecule has 0 aliphatic rings. The highest BCUT2D eigenvalue weighted by molar-refractivity contribution is 5.73. The Morgan fingerprint density at radius 1 is 1.35 bits per heavy atom. The monoisotopic (exact) mass is 276 g/mol. The van der Waals surface area contributed by atoms with Gasteiger partial charge in [-0.2, -0.15) is 5.26 Å². The van der Waals surface area contributed by atoms with Crippen molar-refractivity contribution in [1.82, 2.24) is 5.32 Å². The number of rotatable bonds is 7. The SMILES string of the molecule is CC(NC(C(=O)O)C(C)C)c1ccc(OCC#N)cc1. The van der Waals surface area contributed by atoms with Gasteiger partial charge in [-0.1, -0.05) is 26.0 Å². The Labute approximate surface area is 119 Å². The molecule has 0 heterocycles. The van der Waals surface area contributed by atoms with Gasteiger partial charge < -0.3 is 9.84 Å². The van der Waals surface area contributed by atoms with Crippen LogP contribution in [0.2, 0.25) is 0 Å². The predicted octanol–water partition coefficient (Wildman–Crippen LogP) is 2.35. The topological polar surface area (TPSA) is 82.3 Å². The second-order valence-electron chi connectivity index (χ2n) is 4.96. The van der Waals surface area contributed by atoms with Crippen molar-refractivity contribution in [2.45, 2.75) is 32.9 Å². The molecule has 20 heavy (non-hydrogen) atoms. The van der Waals surface area contributed by atoms with E-state index in [4.69, 9.17) is 15.1 Å². The van der Waals surface area contributed by atoms with Crippen molar-refractivity contribution in [3.05, 3.63) is 29.8 Å². The molecule has 0 radical (unpaired) electrons. The molecule has 2 N–H and O–H groups in total. The van der Waals surface area contributed by atoms with E-state index in [2.05, 4.69) is 5.32 Å². The molecule has 0 saturated heterocycles. The van der Waals surface area contributed by atoms with Crippen LogP contribution in [0.4, 0.5) is 0 Å². The van der Waals surface area contributed by atoms with Crippen LogP contribution in [0.5, 0.6) is 5.75 Å².